The van der Waals surface area contributed by atoms with Crippen molar-refractivity contribution < 1.29 is 19.5 Å². The molecule has 5 rings (SSSR count). The van der Waals surface area contributed by atoms with E-state index in [1.165, 1.54) is 16.8 Å². The lowest BCUT2D eigenvalue weighted by molar-refractivity contribution is -0.184. The van der Waals surface area contributed by atoms with E-state index >= 15 is 0 Å². The topological polar surface area (TPSA) is 95.7 Å². The van der Waals surface area contributed by atoms with Crippen LogP contribution in [0.4, 0.5) is 0 Å². The first-order valence-corrected chi connectivity index (χ1v) is 11.8. The molecule has 0 radical (unpaired) electrons. The van der Waals surface area contributed by atoms with Crippen molar-refractivity contribution in [2.75, 3.05) is 19.8 Å². The Kier molecular flexibility index (Phi) is 6.15. The minimum atomic E-state index is -0.821. The monoisotopic (exact) mass is 447 g/mol. The Morgan fingerprint density at radius 2 is 1.91 bits per heavy atom. The van der Waals surface area contributed by atoms with E-state index in [4.69, 9.17) is 14.8 Å². The van der Waals surface area contributed by atoms with Crippen LogP contribution in [0.2, 0.25) is 0 Å². The number of carbonyl (C=O) groups is 1. The zero-order valence-electron chi connectivity index (χ0n) is 18.7. The first kappa shape index (κ1) is 22.0. The van der Waals surface area contributed by atoms with Gasteiger partial charge in [0.15, 0.2) is 0 Å². The molecule has 2 aromatic rings. The van der Waals surface area contributed by atoms with Gasteiger partial charge in [0.1, 0.15) is 11.7 Å². The van der Waals surface area contributed by atoms with Gasteiger partial charge in [0, 0.05) is 24.7 Å². The van der Waals surface area contributed by atoms with E-state index in [2.05, 4.69) is 23.2 Å². The van der Waals surface area contributed by atoms with E-state index in [9.17, 15) is 9.90 Å². The Morgan fingerprint density at radius 3 is 2.58 bits per heavy atom. The van der Waals surface area contributed by atoms with Gasteiger partial charge in [0.2, 0.25) is 5.91 Å². The Hall–Kier alpha value is -2.79. The summed E-state index contributed by atoms with van der Waals surface area (Å²) < 4.78 is 5.15. The van der Waals surface area contributed by atoms with E-state index in [1.807, 2.05) is 12.1 Å². The Bertz CT molecular complexity index is 1040. The van der Waals surface area contributed by atoms with E-state index in [1.54, 1.807) is 12.3 Å². The predicted octanol–water partition coefficient (Wildman–Crippen LogP) is 3.43. The second kappa shape index (κ2) is 9.22. The van der Waals surface area contributed by atoms with Gasteiger partial charge in [-0.05, 0) is 60.8 Å². The van der Waals surface area contributed by atoms with E-state index in [0.29, 0.717) is 31.3 Å². The van der Waals surface area contributed by atoms with Crippen molar-refractivity contribution in [3.8, 4) is 6.07 Å². The molecule has 7 heteroatoms. The molecule has 3 fully saturated rings. The quantitative estimate of drug-likeness (QED) is 0.755. The number of hydrogen-bond donors (Lipinski definition) is 1. The van der Waals surface area contributed by atoms with Gasteiger partial charge < -0.3 is 9.84 Å². The maximum absolute atomic E-state index is 13.3. The number of hydroxylamine groups is 2. The van der Waals surface area contributed by atoms with Crippen LogP contribution >= 0.6 is 0 Å². The van der Waals surface area contributed by atoms with E-state index < -0.39 is 5.60 Å². The maximum atomic E-state index is 13.3. The average Bonchev–Trinajstić information content (AvgIpc) is 3.33. The molecule has 3 heterocycles. The number of rotatable bonds is 5. The molecule has 1 aromatic carbocycles. The first-order valence-electron chi connectivity index (χ1n) is 11.8. The second-order valence-electron chi connectivity index (χ2n) is 9.56. The molecule has 1 N–H and O–H groups in total. The molecular weight excluding hydrogens is 418 g/mol. The lowest BCUT2D eigenvalue weighted by atomic mass is 9.78. The second-order valence-corrected chi connectivity index (χ2v) is 9.56. The van der Waals surface area contributed by atoms with Gasteiger partial charge in [-0.15, -0.1) is 0 Å². The van der Waals surface area contributed by atoms with Crippen LogP contribution in [0.3, 0.4) is 0 Å². The van der Waals surface area contributed by atoms with Gasteiger partial charge in [-0.1, -0.05) is 24.3 Å². The fourth-order valence-electron chi connectivity index (χ4n) is 5.23. The summed E-state index contributed by atoms with van der Waals surface area (Å²) in [6.45, 7) is 1.23. The average molecular weight is 448 g/mol. The van der Waals surface area contributed by atoms with Gasteiger partial charge in [-0.2, -0.15) is 5.26 Å². The molecule has 1 atom stereocenters. The smallest absolute Gasteiger partial charge is 0.249 e. The molecule has 33 heavy (non-hydrogen) atoms. The van der Waals surface area contributed by atoms with Crippen molar-refractivity contribution in [1.29, 1.82) is 5.26 Å². The summed E-state index contributed by atoms with van der Waals surface area (Å²) in [6, 6.07) is 12.0. The number of benzene rings is 1. The first-order chi connectivity index (χ1) is 16.1. The predicted molar refractivity (Wildman–Crippen MR) is 119 cm³/mol. The van der Waals surface area contributed by atoms with Crippen LogP contribution in [0.5, 0.6) is 0 Å². The van der Waals surface area contributed by atoms with Crippen LogP contribution in [-0.2, 0) is 26.4 Å². The number of aliphatic hydroxyl groups is 1. The van der Waals surface area contributed by atoms with Crippen molar-refractivity contribution in [1.82, 2.24) is 10.0 Å². The molecule has 2 saturated heterocycles. The highest BCUT2D eigenvalue weighted by Crippen LogP contribution is 2.37. The van der Waals surface area contributed by atoms with Crippen LogP contribution in [0.15, 0.2) is 42.7 Å². The SMILES string of the molecule is N#Cc1cncc([C@@H]2CCON2C(=O)[C@H]2CC[C@H](Cc3ccc(C4(O)COC4)cc3)CC2)c1. The number of nitrogens with zero attached hydrogens (tertiary/aromatic N) is 3. The number of amides is 1. The molecule has 7 nitrogen and oxygen atoms in total. The summed E-state index contributed by atoms with van der Waals surface area (Å²) in [4.78, 5) is 23.1. The van der Waals surface area contributed by atoms with Gasteiger partial charge in [0.05, 0.1) is 31.4 Å². The number of nitriles is 1. The fraction of sp³-hybridized carbons (Fsp3) is 0.500. The summed E-state index contributed by atoms with van der Waals surface area (Å²) in [5, 5.41) is 21.1. The third-order valence-electron chi connectivity index (χ3n) is 7.29. The highest BCUT2D eigenvalue weighted by Gasteiger charge is 2.39. The fourth-order valence-corrected chi connectivity index (χ4v) is 5.23. The zero-order chi connectivity index (χ0) is 22.8. The van der Waals surface area contributed by atoms with Crippen molar-refractivity contribution in [3.05, 3.63) is 65.0 Å². The minimum Gasteiger partial charge on any atom is -0.380 e. The van der Waals surface area contributed by atoms with Crippen LogP contribution in [0.1, 0.15) is 60.4 Å². The summed E-state index contributed by atoms with van der Waals surface area (Å²) in [7, 11) is 0. The summed E-state index contributed by atoms with van der Waals surface area (Å²) >= 11 is 0. The lowest BCUT2D eigenvalue weighted by Crippen LogP contribution is -2.46. The van der Waals surface area contributed by atoms with Crippen LogP contribution in [-0.4, -0.2) is 40.9 Å². The van der Waals surface area contributed by atoms with Crippen molar-refractivity contribution in [3.63, 3.8) is 0 Å². The molecule has 0 bridgehead atoms. The molecule has 1 aromatic heterocycles. The van der Waals surface area contributed by atoms with E-state index in [-0.39, 0.29) is 17.9 Å². The molecule has 172 valence electrons. The van der Waals surface area contributed by atoms with Crippen LogP contribution in [0, 0.1) is 23.2 Å². The van der Waals surface area contributed by atoms with Crippen molar-refractivity contribution >= 4 is 5.91 Å². The van der Waals surface area contributed by atoms with Crippen LogP contribution in [0.25, 0.3) is 0 Å². The summed E-state index contributed by atoms with van der Waals surface area (Å²) in [6.07, 6.45) is 8.72. The lowest BCUT2D eigenvalue weighted by Gasteiger charge is -2.36. The van der Waals surface area contributed by atoms with Crippen molar-refractivity contribution in [2.24, 2.45) is 11.8 Å². The number of aromatic nitrogens is 1. The minimum absolute atomic E-state index is 0.0239. The summed E-state index contributed by atoms with van der Waals surface area (Å²) in [5.74, 6) is 0.588. The third kappa shape index (κ3) is 4.51. The van der Waals surface area contributed by atoms with Crippen molar-refractivity contribution in [2.45, 2.75) is 50.2 Å². The maximum Gasteiger partial charge on any atom is 0.249 e. The highest BCUT2D eigenvalue weighted by atomic mass is 16.7. The highest BCUT2D eigenvalue weighted by molar-refractivity contribution is 5.78. The summed E-state index contributed by atoms with van der Waals surface area (Å²) in [5.41, 5.74) is 2.72. The van der Waals surface area contributed by atoms with Gasteiger partial charge in [0.25, 0.3) is 0 Å². The standard InChI is InChI=1S/C26H29N3O4/c27-13-20-12-22(15-28-14-20)24-9-10-33-29(24)25(30)21-5-1-18(2-6-21)11-19-3-7-23(8-4-19)26(31)16-32-17-26/h3-4,7-8,12,14-15,18,21,24,31H,1-2,5-6,9-11,16-17H2/t18-,21-,24-/m0/s1. The Labute approximate surface area is 193 Å². The Balaban J connectivity index is 1.16. The molecule has 1 amide bonds. The molecule has 1 saturated carbocycles. The number of carbonyl (C=O) groups excluding carboxylic acids is 1. The number of pyridine rings is 1. The number of hydrogen-bond acceptors (Lipinski definition) is 6. The largest absolute Gasteiger partial charge is 0.380 e. The van der Waals surface area contributed by atoms with E-state index in [0.717, 1.165) is 49.7 Å². The third-order valence-corrected chi connectivity index (χ3v) is 7.29. The number of ether oxygens (including phenoxy) is 1. The molecule has 1 aliphatic carbocycles. The zero-order valence-corrected chi connectivity index (χ0v) is 18.7. The molecule has 0 unspecified atom stereocenters. The Morgan fingerprint density at radius 1 is 1.15 bits per heavy atom. The van der Waals surface area contributed by atoms with Crippen LogP contribution < -0.4 is 0 Å². The molecular formula is C26H29N3O4. The van der Waals surface area contributed by atoms with Gasteiger partial charge >= 0.3 is 0 Å². The normalized spacial score (nSPS) is 26.4. The molecule has 0 spiro atoms. The van der Waals surface area contributed by atoms with Gasteiger partial charge in [-0.25, -0.2) is 5.06 Å². The van der Waals surface area contributed by atoms with Gasteiger partial charge in [-0.3, -0.25) is 14.6 Å². The molecule has 2 aliphatic heterocycles. The molecule has 3 aliphatic rings.